The number of halogens is 1. The van der Waals surface area contributed by atoms with Crippen LogP contribution in [0.5, 0.6) is 0 Å². The topological polar surface area (TPSA) is 88.8 Å². The van der Waals surface area contributed by atoms with Gasteiger partial charge in [0.15, 0.2) is 0 Å². The second kappa shape index (κ2) is 18.0. The maximum absolute atomic E-state index is 13.7. The first-order valence-corrected chi connectivity index (χ1v) is 17.8. The van der Waals surface area contributed by atoms with Gasteiger partial charge in [-0.1, -0.05) is 74.0 Å². The van der Waals surface area contributed by atoms with E-state index in [0.29, 0.717) is 52.4 Å². The van der Waals surface area contributed by atoms with Crippen LogP contribution in [0.4, 0.5) is 0 Å². The van der Waals surface area contributed by atoms with E-state index in [9.17, 15) is 14.7 Å². The molecule has 1 aliphatic rings. The van der Waals surface area contributed by atoms with E-state index in [-0.39, 0.29) is 18.9 Å². The molecule has 1 aliphatic carbocycles. The van der Waals surface area contributed by atoms with E-state index >= 15 is 0 Å². The molecule has 9 heteroatoms. The Labute approximate surface area is 299 Å². The van der Waals surface area contributed by atoms with Crippen LogP contribution < -0.4 is 5.32 Å². The molecule has 1 amide bonds. The van der Waals surface area contributed by atoms with Gasteiger partial charge in [-0.2, -0.15) is 11.8 Å². The monoisotopic (exact) mass is 667 g/mol. The van der Waals surface area contributed by atoms with E-state index in [1.165, 1.54) is 32.1 Å². The van der Waals surface area contributed by atoms with Gasteiger partial charge < -0.3 is 19.6 Å². The number of aliphatic carboxylic acids is 1. The van der Waals surface area contributed by atoms with Gasteiger partial charge in [-0.25, -0.2) is 4.79 Å². The third kappa shape index (κ3) is 9.81. The van der Waals surface area contributed by atoms with Crippen molar-refractivity contribution in [3.05, 3.63) is 106 Å². The summed E-state index contributed by atoms with van der Waals surface area (Å²) in [6.45, 7) is 2.59. The second-order valence-corrected chi connectivity index (χ2v) is 13.4. The number of hydrogen-bond acceptors (Lipinski definition) is 5. The number of amides is 1. The number of nitrogens with one attached hydrogen (secondary N) is 1. The molecular weight excluding hydrogens is 625 g/mol. The number of carboxylic acid groups (broad SMARTS) is 1. The molecule has 0 spiro atoms. The zero-order chi connectivity index (χ0) is 32.5. The molecule has 1 saturated carbocycles. The van der Waals surface area contributed by atoms with Crippen molar-refractivity contribution >= 4 is 54.1 Å². The average molecular weight is 668 g/mol. The van der Waals surface area contributed by atoms with Gasteiger partial charge in [-0.05, 0) is 108 Å². The number of carbonyl (C=O) groups excluding carboxylic acids is 1. The number of ether oxygens (including phenoxy) is 1. The summed E-state index contributed by atoms with van der Waals surface area (Å²) in [6, 6.07) is 24.0. The number of aryl methyl sites for hydroxylation is 1. The van der Waals surface area contributed by atoms with E-state index in [0.717, 1.165) is 28.7 Å². The van der Waals surface area contributed by atoms with E-state index in [2.05, 4.69) is 5.32 Å². The molecule has 6 nitrogen and oxygen atoms in total. The molecule has 1 aromatic heterocycles. The van der Waals surface area contributed by atoms with Crippen LogP contribution in [0.2, 0.25) is 5.02 Å². The summed E-state index contributed by atoms with van der Waals surface area (Å²) in [5.74, 6) is 1.21. The molecule has 5 rings (SSSR count). The molecule has 3 aromatic carbocycles. The van der Waals surface area contributed by atoms with Crippen LogP contribution in [0.15, 0.2) is 83.3 Å². The summed E-state index contributed by atoms with van der Waals surface area (Å²) in [5, 5.41) is 13.2. The van der Waals surface area contributed by atoms with Crippen LogP contribution in [0.25, 0.3) is 22.5 Å². The van der Waals surface area contributed by atoms with E-state index in [1.807, 2.05) is 86.0 Å². The summed E-state index contributed by atoms with van der Waals surface area (Å²) in [7, 11) is 0. The van der Waals surface area contributed by atoms with Crippen molar-refractivity contribution in [1.82, 2.24) is 5.32 Å². The summed E-state index contributed by atoms with van der Waals surface area (Å²) >= 11 is 7.67. The molecule has 2 N–H and O–H groups in total. The third-order valence-electron chi connectivity index (χ3n) is 8.79. The molecule has 0 bridgehead atoms. The Bertz CT molecular complexity index is 1620. The number of hydrogen-bond donors (Lipinski definition) is 2. The molecule has 2 unspecified atom stereocenters. The van der Waals surface area contributed by atoms with Crippen LogP contribution in [0.1, 0.15) is 78.3 Å². The van der Waals surface area contributed by atoms with E-state index in [4.69, 9.17) is 20.8 Å². The van der Waals surface area contributed by atoms with Crippen molar-refractivity contribution in [3.63, 3.8) is 0 Å². The molecular formula is C38H43ClLiNO5S. The van der Waals surface area contributed by atoms with Gasteiger partial charge in [0.25, 0.3) is 5.91 Å². The zero-order valence-electron chi connectivity index (χ0n) is 26.5. The Morgan fingerprint density at radius 3 is 2.45 bits per heavy atom. The summed E-state index contributed by atoms with van der Waals surface area (Å²) in [5.41, 5.74) is 4.80. The summed E-state index contributed by atoms with van der Waals surface area (Å²) < 4.78 is 13.1. The van der Waals surface area contributed by atoms with Crippen LogP contribution in [-0.4, -0.2) is 60.5 Å². The Morgan fingerprint density at radius 1 is 1.00 bits per heavy atom. The number of rotatable bonds is 14. The van der Waals surface area contributed by atoms with Crippen LogP contribution in [0.3, 0.4) is 0 Å². The number of furan rings is 1. The number of thioether (sulfide) groups is 1. The normalized spacial score (nSPS) is 14.6. The predicted molar refractivity (Wildman–Crippen MR) is 194 cm³/mol. The van der Waals surface area contributed by atoms with Gasteiger partial charge in [0.2, 0.25) is 0 Å². The Kier molecular flexibility index (Phi) is 14.1. The van der Waals surface area contributed by atoms with Crippen molar-refractivity contribution in [2.45, 2.75) is 64.0 Å². The minimum absolute atomic E-state index is 0. The number of benzene rings is 3. The van der Waals surface area contributed by atoms with Crippen molar-refractivity contribution < 1.29 is 23.8 Å². The number of carboxylic acids is 1. The summed E-state index contributed by atoms with van der Waals surface area (Å²) in [6.07, 6.45) is 9.09. The summed E-state index contributed by atoms with van der Waals surface area (Å²) in [4.78, 5) is 25.6. The van der Waals surface area contributed by atoms with Gasteiger partial charge in [-0.15, -0.1) is 0 Å². The molecule has 0 radical (unpaired) electrons. The van der Waals surface area contributed by atoms with E-state index in [1.54, 1.807) is 17.8 Å². The number of carbonyl (C=O) groups is 2. The molecule has 1 fully saturated rings. The SMILES string of the molecule is CSCCC(NC(=O)c1ccc(C(OCCC2CCCCC2)c2ccc(-c3ccc(Cl)cc3)o2)cc1-c1ccccc1C)C(=O)O.[LiH]. The fraction of sp³-hybridized carbons (Fsp3) is 0.368. The molecule has 1 heterocycles. The Balaban J connectivity index is 0.00000500. The first-order valence-electron chi connectivity index (χ1n) is 16.0. The Morgan fingerprint density at radius 2 is 1.74 bits per heavy atom. The van der Waals surface area contributed by atoms with Crippen LogP contribution in [-0.2, 0) is 9.53 Å². The van der Waals surface area contributed by atoms with Crippen molar-refractivity contribution in [1.29, 1.82) is 0 Å². The van der Waals surface area contributed by atoms with Gasteiger partial charge in [0, 0.05) is 22.8 Å². The molecule has 0 saturated heterocycles. The predicted octanol–water partition coefficient (Wildman–Crippen LogP) is 8.94. The minimum atomic E-state index is -1.04. The average Bonchev–Trinajstić information content (AvgIpc) is 3.55. The molecule has 244 valence electrons. The van der Waals surface area contributed by atoms with Gasteiger partial charge in [0.1, 0.15) is 23.7 Å². The van der Waals surface area contributed by atoms with Crippen LogP contribution in [0, 0.1) is 12.8 Å². The second-order valence-electron chi connectivity index (χ2n) is 12.0. The van der Waals surface area contributed by atoms with Gasteiger partial charge >= 0.3 is 24.8 Å². The Hall–Kier alpha value is -2.92. The quantitative estimate of drug-likeness (QED) is 0.131. The van der Waals surface area contributed by atoms with Crippen molar-refractivity contribution in [2.24, 2.45) is 5.92 Å². The van der Waals surface area contributed by atoms with Gasteiger partial charge in [-0.3, -0.25) is 4.79 Å². The van der Waals surface area contributed by atoms with Crippen LogP contribution >= 0.6 is 23.4 Å². The third-order valence-corrected chi connectivity index (χ3v) is 9.69. The molecule has 4 aromatic rings. The van der Waals surface area contributed by atoms with Crippen molar-refractivity contribution in [3.8, 4) is 22.5 Å². The first kappa shape index (κ1) is 36.9. The molecule has 2 atom stereocenters. The van der Waals surface area contributed by atoms with Crippen molar-refractivity contribution in [2.75, 3.05) is 18.6 Å². The first-order chi connectivity index (χ1) is 22.3. The molecule has 47 heavy (non-hydrogen) atoms. The maximum atomic E-state index is 13.7. The van der Waals surface area contributed by atoms with Gasteiger partial charge in [0.05, 0.1) is 0 Å². The fourth-order valence-corrected chi connectivity index (χ4v) is 6.78. The molecule has 0 aliphatic heterocycles. The zero-order valence-corrected chi connectivity index (χ0v) is 28.0. The standard InChI is InChI=1S/C38H42ClNO5S.Li.H/c1-25-8-6-7-11-30(25)32-24-28(14-17-31(32)37(41)40-33(38(42)43)21-23-46-2)36(44-22-20-26-9-4-3-5-10-26)35-19-18-34(45-35)27-12-15-29(39)16-13-27;;/h6-8,11-19,24,26,33,36H,3-5,9-10,20-23H2,1-2H3,(H,40,41)(H,42,43);;. The van der Waals surface area contributed by atoms with E-state index < -0.39 is 24.0 Å². The fourth-order valence-electron chi connectivity index (χ4n) is 6.18.